The highest BCUT2D eigenvalue weighted by molar-refractivity contribution is 5.18. The lowest BCUT2D eigenvalue weighted by molar-refractivity contribution is -0.0989. The third-order valence-electron chi connectivity index (χ3n) is 3.58. The highest BCUT2D eigenvalue weighted by Gasteiger charge is 2.32. The molecule has 0 saturated carbocycles. The molecule has 2 heteroatoms. The van der Waals surface area contributed by atoms with Crippen molar-refractivity contribution in [1.29, 1.82) is 0 Å². The second-order valence-corrected chi connectivity index (χ2v) is 5.58. The number of benzene rings is 1. The molecule has 1 aliphatic heterocycles. The van der Waals surface area contributed by atoms with Crippen LogP contribution in [0.4, 0.5) is 0 Å². The molecule has 1 unspecified atom stereocenters. The predicted octanol–water partition coefficient (Wildman–Crippen LogP) is 2.81. The molecule has 0 spiro atoms. The van der Waals surface area contributed by atoms with Crippen molar-refractivity contribution in [3.63, 3.8) is 0 Å². The highest BCUT2D eigenvalue weighted by Crippen LogP contribution is 2.25. The summed E-state index contributed by atoms with van der Waals surface area (Å²) in [6.45, 7) is 8.57. The molecule has 0 aromatic heterocycles. The van der Waals surface area contributed by atoms with Crippen LogP contribution in [0.2, 0.25) is 0 Å². The maximum absolute atomic E-state index is 5.25. The van der Waals surface area contributed by atoms with Crippen LogP contribution in [0.15, 0.2) is 30.3 Å². The summed E-state index contributed by atoms with van der Waals surface area (Å²) in [5, 5.41) is 3.55. The molecule has 1 aliphatic rings. The monoisotopic (exact) mass is 233 g/mol. The fourth-order valence-electron chi connectivity index (χ4n) is 2.21. The molecule has 1 N–H and O–H groups in total. The third-order valence-corrected chi connectivity index (χ3v) is 3.58. The van der Waals surface area contributed by atoms with Crippen LogP contribution in [0, 0.1) is 5.41 Å². The normalized spacial score (nSPS) is 19.6. The summed E-state index contributed by atoms with van der Waals surface area (Å²) >= 11 is 0. The Morgan fingerprint density at radius 1 is 1.29 bits per heavy atom. The summed E-state index contributed by atoms with van der Waals surface area (Å²) < 4.78 is 5.25. The lowest BCUT2D eigenvalue weighted by Crippen LogP contribution is -2.47. The van der Waals surface area contributed by atoms with E-state index < -0.39 is 0 Å². The fraction of sp³-hybridized carbons (Fsp3) is 0.600. The van der Waals surface area contributed by atoms with Gasteiger partial charge in [0.1, 0.15) is 0 Å². The molecule has 1 aromatic rings. The van der Waals surface area contributed by atoms with Gasteiger partial charge in [-0.3, -0.25) is 0 Å². The van der Waals surface area contributed by atoms with Crippen LogP contribution >= 0.6 is 0 Å². The van der Waals surface area contributed by atoms with Gasteiger partial charge in [0.05, 0.1) is 13.2 Å². The summed E-state index contributed by atoms with van der Waals surface area (Å²) in [6, 6.07) is 10.7. The van der Waals surface area contributed by atoms with E-state index in [0.717, 1.165) is 26.3 Å². The van der Waals surface area contributed by atoms with Gasteiger partial charge in [0.25, 0.3) is 0 Å². The lowest BCUT2D eigenvalue weighted by atomic mass is 9.88. The molecule has 1 fully saturated rings. The standard InChI is InChI=1S/C15H23NO/c1-13(14-6-4-3-5-7-14)8-9-16-10-15(2)11-17-12-15/h3-7,13,16H,8-12H2,1-2H3. The van der Waals surface area contributed by atoms with Gasteiger partial charge in [-0.2, -0.15) is 0 Å². The van der Waals surface area contributed by atoms with Gasteiger partial charge in [-0.1, -0.05) is 44.2 Å². The largest absolute Gasteiger partial charge is 0.380 e. The summed E-state index contributed by atoms with van der Waals surface area (Å²) in [4.78, 5) is 0. The minimum absolute atomic E-state index is 0.385. The first-order valence-electron chi connectivity index (χ1n) is 6.53. The third kappa shape index (κ3) is 3.55. The quantitative estimate of drug-likeness (QED) is 0.763. The van der Waals surface area contributed by atoms with E-state index in [1.165, 1.54) is 12.0 Å². The summed E-state index contributed by atoms with van der Waals surface area (Å²) in [6.07, 6.45) is 1.20. The Hall–Kier alpha value is -0.860. The van der Waals surface area contributed by atoms with Crippen molar-refractivity contribution in [2.24, 2.45) is 5.41 Å². The number of hydrogen-bond acceptors (Lipinski definition) is 2. The zero-order chi connectivity index (χ0) is 12.1. The number of nitrogens with one attached hydrogen (secondary N) is 1. The number of rotatable bonds is 6. The SMILES string of the molecule is CC(CCNCC1(C)COC1)c1ccccc1. The Balaban J connectivity index is 1.65. The molecular weight excluding hydrogens is 210 g/mol. The van der Waals surface area contributed by atoms with E-state index >= 15 is 0 Å². The smallest absolute Gasteiger partial charge is 0.0554 e. The topological polar surface area (TPSA) is 21.3 Å². The minimum atomic E-state index is 0.385. The first kappa shape index (κ1) is 12.6. The van der Waals surface area contributed by atoms with E-state index in [4.69, 9.17) is 4.74 Å². The molecule has 17 heavy (non-hydrogen) atoms. The maximum atomic E-state index is 5.25. The molecular formula is C15H23NO. The average molecular weight is 233 g/mol. The van der Waals surface area contributed by atoms with Gasteiger partial charge >= 0.3 is 0 Å². The fourth-order valence-corrected chi connectivity index (χ4v) is 2.21. The van der Waals surface area contributed by atoms with Crippen molar-refractivity contribution in [2.45, 2.75) is 26.2 Å². The Morgan fingerprint density at radius 3 is 2.59 bits per heavy atom. The van der Waals surface area contributed by atoms with Crippen LogP contribution in [0.3, 0.4) is 0 Å². The van der Waals surface area contributed by atoms with E-state index in [9.17, 15) is 0 Å². The molecule has 1 aromatic carbocycles. The Labute approximate surface area is 104 Å². The number of hydrogen-bond donors (Lipinski definition) is 1. The molecule has 1 heterocycles. The van der Waals surface area contributed by atoms with Crippen molar-refractivity contribution in [1.82, 2.24) is 5.32 Å². The van der Waals surface area contributed by atoms with Gasteiger partial charge in [-0.15, -0.1) is 0 Å². The van der Waals surface area contributed by atoms with Crippen LogP contribution in [0.1, 0.15) is 31.7 Å². The molecule has 2 nitrogen and oxygen atoms in total. The average Bonchev–Trinajstić information content (AvgIpc) is 2.33. The maximum Gasteiger partial charge on any atom is 0.0554 e. The molecule has 0 amide bonds. The summed E-state index contributed by atoms with van der Waals surface area (Å²) in [7, 11) is 0. The van der Waals surface area contributed by atoms with Gasteiger partial charge in [0.2, 0.25) is 0 Å². The molecule has 1 atom stereocenters. The van der Waals surface area contributed by atoms with Crippen molar-refractivity contribution in [3.8, 4) is 0 Å². The van der Waals surface area contributed by atoms with E-state index in [-0.39, 0.29) is 0 Å². The Bertz CT molecular complexity index is 332. The van der Waals surface area contributed by atoms with Gasteiger partial charge in [0.15, 0.2) is 0 Å². The Morgan fingerprint density at radius 2 is 2.00 bits per heavy atom. The van der Waals surface area contributed by atoms with Gasteiger partial charge < -0.3 is 10.1 Å². The van der Waals surface area contributed by atoms with Gasteiger partial charge in [-0.05, 0) is 24.4 Å². The summed E-state index contributed by atoms with van der Waals surface area (Å²) in [5.41, 5.74) is 1.82. The second kappa shape index (κ2) is 5.65. The van der Waals surface area contributed by atoms with Crippen LogP contribution in [-0.2, 0) is 4.74 Å². The van der Waals surface area contributed by atoms with Gasteiger partial charge in [0, 0.05) is 12.0 Å². The molecule has 94 valence electrons. The molecule has 0 aliphatic carbocycles. The zero-order valence-corrected chi connectivity index (χ0v) is 10.9. The molecule has 1 saturated heterocycles. The summed E-state index contributed by atoms with van der Waals surface area (Å²) in [5.74, 6) is 0.633. The minimum Gasteiger partial charge on any atom is -0.380 e. The predicted molar refractivity (Wildman–Crippen MR) is 71.3 cm³/mol. The van der Waals surface area contributed by atoms with E-state index in [2.05, 4.69) is 49.5 Å². The first-order chi connectivity index (χ1) is 8.20. The number of ether oxygens (including phenoxy) is 1. The molecule has 0 bridgehead atoms. The second-order valence-electron chi connectivity index (χ2n) is 5.58. The van der Waals surface area contributed by atoms with Crippen LogP contribution in [0.5, 0.6) is 0 Å². The van der Waals surface area contributed by atoms with Crippen LogP contribution < -0.4 is 5.32 Å². The molecule has 0 radical (unpaired) electrons. The van der Waals surface area contributed by atoms with Crippen molar-refractivity contribution >= 4 is 0 Å². The van der Waals surface area contributed by atoms with Crippen molar-refractivity contribution < 1.29 is 4.74 Å². The molecule has 2 rings (SSSR count). The first-order valence-corrected chi connectivity index (χ1v) is 6.53. The Kier molecular flexibility index (Phi) is 4.19. The zero-order valence-electron chi connectivity index (χ0n) is 10.9. The highest BCUT2D eigenvalue weighted by atomic mass is 16.5. The van der Waals surface area contributed by atoms with Crippen LogP contribution in [-0.4, -0.2) is 26.3 Å². The van der Waals surface area contributed by atoms with Crippen LogP contribution in [0.25, 0.3) is 0 Å². The van der Waals surface area contributed by atoms with E-state index in [1.54, 1.807) is 0 Å². The lowest BCUT2D eigenvalue weighted by Gasteiger charge is -2.38. The van der Waals surface area contributed by atoms with Crippen molar-refractivity contribution in [3.05, 3.63) is 35.9 Å². The van der Waals surface area contributed by atoms with E-state index in [1.807, 2.05) is 0 Å². The van der Waals surface area contributed by atoms with Crippen molar-refractivity contribution in [2.75, 3.05) is 26.3 Å². The van der Waals surface area contributed by atoms with Gasteiger partial charge in [-0.25, -0.2) is 0 Å². The van der Waals surface area contributed by atoms with E-state index in [0.29, 0.717) is 11.3 Å².